The topological polar surface area (TPSA) is 63.2 Å². The molecule has 23 heavy (non-hydrogen) atoms. The lowest BCUT2D eigenvalue weighted by Gasteiger charge is -2.07. The average molecular weight is 334 g/mol. The molecule has 1 heterocycles. The summed E-state index contributed by atoms with van der Waals surface area (Å²) >= 11 is 5.83. The Kier molecular flexibility index (Phi) is 6.84. The predicted octanol–water partition coefficient (Wildman–Crippen LogP) is 3.11. The molecule has 2 N–H and O–H groups in total. The lowest BCUT2D eigenvalue weighted by atomic mass is 10.2. The van der Waals surface area contributed by atoms with E-state index in [0.29, 0.717) is 23.9 Å². The van der Waals surface area contributed by atoms with Crippen LogP contribution in [-0.4, -0.2) is 31.2 Å². The van der Waals surface area contributed by atoms with Gasteiger partial charge in [0.25, 0.3) is 5.91 Å². The Morgan fingerprint density at radius 2 is 2.00 bits per heavy atom. The van der Waals surface area contributed by atoms with Gasteiger partial charge in [-0.2, -0.15) is 0 Å². The van der Waals surface area contributed by atoms with E-state index in [1.54, 1.807) is 31.5 Å². The highest BCUT2D eigenvalue weighted by molar-refractivity contribution is 6.30. The second-order valence-electron chi connectivity index (χ2n) is 5.01. The van der Waals surface area contributed by atoms with Gasteiger partial charge in [-0.05, 0) is 36.2 Å². The molecule has 5 nitrogen and oxygen atoms in total. The van der Waals surface area contributed by atoms with Crippen molar-refractivity contribution in [3.8, 4) is 0 Å². The quantitative estimate of drug-likeness (QED) is 0.729. The number of carbonyl (C=O) groups excluding carboxylic acids is 1. The summed E-state index contributed by atoms with van der Waals surface area (Å²) in [6.07, 6.45) is 2.57. The molecule has 0 aliphatic carbocycles. The number of carbonyl (C=O) groups is 1. The third kappa shape index (κ3) is 5.88. The summed E-state index contributed by atoms with van der Waals surface area (Å²) in [6.45, 7) is 1.96. The maximum atomic E-state index is 12.1. The summed E-state index contributed by atoms with van der Waals surface area (Å²) in [7, 11) is 1.68. The molecule has 1 aromatic heterocycles. The molecule has 6 heteroatoms. The minimum absolute atomic E-state index is 0.203. The number of ether oxygens (including phenoxy) is 1. The minimum Gasteiger partial charge on any atom is -0.385 e. The van der Waals surface area contributed by atoms with Gasteiger partial charge in [0, 0.05) is 31.8 Å². The number of halogens is 1. The summed E-state index contributed by atoms with van der Waals surface area (Å²) in [4.78, 5) is 16.2. The highest BCUT2D eigenvalue weighted by Crippen LogP contribution is 2.10. The largest absolute Gasteiger partial charge is 0.385 e. The zero-order valence-corrected chi connectivity index (χ0v) is 13.8. The Bertz CT molecular complexity index is 615. The Hall–Kier alpha value is -2.11. The molecule has 0 spiro atoms. The molecule has 0 bridgehead atoms. The number of anilines is 1. The van der Waals surface area contributed by atoms with Gasteiger partial charge in [0.2, 0.25) is 0 Å². The molecule has 0 atom stereocenters. The number of methoxy groups -OCH3 is 1. The Labute approximate surface area is 141 Å². The molecule has 0 saturated heterocycles. The highest BCUT2D eigenvalue weighted by Gasteiger charge is 2.06. The van der Waals surface area contributed by atoms with Crippen LogP contribution in [-0.2, 0) is 11.3 Å². The van der Waals surface area contributed by atoms with E-state index in [4.69, 9.17) is 16.3 Å². The molecule has 0 saturated carbocycles. The van der Waals surface area contributed by atoms with Crippen molar-refractivity contribution < 1.29 is 9.53 Å². The molecule has 0 aliphatic heterocycles. The zero-order chi connectivity index (χ0) is 16.5. The first kappa shape index (κ1) is 17.2. The molecular weight excluding hydrogens is 314 g/mol. The van der Waals surface area contributed by atoms with Crippen molar-refractivity contribution in [3.63, 3.8) is 0 Å². The van der Waals surface area contributed by atoms with Crippen LogP contribution in [0.25, 0.3) is 0 Å². The minimum atomic E-state index is -0.203. The Balaban J connectivity index is 1.81. The third-order valence-electron chi connectivity index (χ3n) is 3.22. The molecule has 1 amide bonds. The molecular formula is C17H20ClN3O2. The van der Waals surface area contributed by atoms with Gasteiger partial charge in [-0.1, -0.05) is 23.7 Å². The standard InChI is InChI=1S/C17H20ClN3O2/c1-23-10-2-9-19-15-7-8-16(20-12-15)17(22)21-11-13-3-5-14(18)6-4-13/h3-8,12,19H,2,9-11H2,1H3,(H,21,22). The number of benzene rings is 1. The van der Waals surface area contributed by atoms with E-state index in [-0.39, 0.29) is 5.91 Å². The van der Waals surface area contributed by atoms with Crippen LogP contribution in [0, 0.1) is 0 Å². The summed E-state index contributed by atoms with van der Waals surface area (Å²) in [5, 5.41) is 6.73. The first-order chi connectivity index (χ1) is 11.2. The Morgan fingerprint density at radius 3 is 2.65 bits per heavy atom. The monoisotopic (exact) mass is 333 g/mol. The third-order valence-corrected chi connectivity index (χ3v) is 3.47. The first-order valence-corrected chi connectivity index (χ1v) is 7.78. The molecule has 0 unspecified atom stereocenters. The molecule has 122 valence electrons. The number of amides is 1. The number of hydrogen-bond acceptors (Lipinski definition) is 4. The second kappa shape index (κ2) is 9.12. The van der Waals surface area contributed by atoms with Crippen LogP contribution in [0.3, 0.4) is 0 Å². The van der Waals surface area contributed by atoms with Crippen molar-refractivity contribution in [1.82, 2.24) is 10.3 Å². The fourth-order valence-electron chi connectivity index (χ4n) is 1.96. The zero-order valence-electron chi connectivity index (χ0n) is 13.0. The van der Waals surface area contributed by atoms with Crippen molar-refractivity contribution in [2.24, 2.45) is 0 Å². The van der Waals surface area contributed by atoms with Crippen molar-refractivity contribution in [1.29, 1.82) is 0 Å². The fraction of sp³-hybridized carbons (Fsp3) is 0.294. The van der Waals surface area contributed by atoms with E-state index < -0.39 is 0 Å². The summed E-state index contributed by atoms with van der Waals surface area (Å²) < 4.78 is 4.98. The second-order valence-corrected chi connectivity index (χ2v) is 5.45. The molecule has 2 rings (SSSR count). The van der Waals surface area contributed by atoms with Gasteiger partial charge >= 0.3 is 0 Å². The fourth-order valence-corrected chi connectivity index (χ4v) is 2.08. The predicted molar refractivity (Wildman–Crippen MR) is 91.8 cm³/mol. The highest BCUT2D eigenvalue weighted by atomic mass is 35.5. The van der Waals surface area contributed by atoms with E-state index in [1.165, 1.54) is 0 Å². The summed E-state index contributed by atoms with van der Waals surface area (Å²) in [6, 6.07) is 10.9. The van der Waals surface area contributed by atoms with E-state index in [2.05, 4.69) is 15.6 Å². The average Bonchev–Trinajstić information content (AvgIpc) is 2.58. The Morgan fingerprint density at radius 1 is 1.22 bits per heavy atom. The molecule has 2 aromatic rings. The normalized spacial score (nSPS) is 10.3. The van der Waals surface area contributed by atoms with Crippen molar-refractivity contribution in [2.45, 2.75) is 13.0 Å². The molecule has 0 aliphatic rings. The van der Waals surface area contributed by atoms with Crippen LogP contribution < -0.4 is 10.6 Å². The van der Waals surface area contributed by atoms with Crippen LogP contribution in [0.2, 0.25) is 5.02 Å². The number of pyridine rings is 1. The first-order valence-electron chi connectivity index (χ1n) is 7.40. The van der Waals surface area contributed by atoms with Gasteiger partial charge in [-0.15, -0.1) is 0 Å². The van der Waals surface area contributed by atoms with Crippen LogP contribution >= 0.6 is 11.6 Å². The number of rotatable bonds is 8. The number of nitrogens with one attached hydrogen (secondary N) is 2. The molecule has 0 radical (unpaired) electrons. The van der Waals surface area contributed by atoms with Crippen LogP contribution in [0.5, 0.6) is 0 Å². The van der Waals surface area contributed by atoms with Crippen molar-refractivity contribution >= 4 is 23.2 Å². The lowest BCUT2D eigenvalue weighted by Crippen LogP contribution is -2.23. The van der Waals surface area contributed by atoms with Crippen LogP contribution in [0.1, 0.15) is 22.5 Å². The van der Waals surface area contributed by atoms with Crippen molar-refractivity contribution in [2.75, 3.05) is 25.6 Å². The lowest BCUT2D eigenvalue weighted by molar-refractivity contribution is 0.0946. The summed E-state index contributed by atoms with van der Waals surface area (Å²) in [5.41, 5.74) is 2.26. The number of hydrogen-bond donors (Lipinski definition) is 2. The SMILES string of the molecule is COCCCNc1ccc(C(=O)NCc2ccc(Cl)cc2)nc1. The van der Waals surface area contributed by atoms with Crippen LogP contribution in [0.15, 0.2) is 42.6 Å². The van der Waals surface area contributed by atoms with Gasteiger partial charge in [0.15, 0.2) is 0 Å². The van der Waals surface area contributed by atoms with Gasteiger partial charge < -0.3 is 15.4 Å². The maximum absolute atomic E-state index is 12.1. The van der Waals surface area contributed by atoms with E-state index in [0.717, 1.165) is 24.2 Å². The van der Waals surface area contributed by atoms with Gasteiger partial charge in [-0.25, -0.2) is 4.98 Å². The summed E-state index contributed by atoms with van der Waals surface area (Å²) in [5.74, 6) is -0.203. The van der Waals surface area contributed by atoms with E-state index in [1.807, 2.05) is 18.2 Å². The van der Waals surface area contributed by atoms with Crippen molar-refractivity contribution in [3.05, 3.63) is 58.9 Å². The number of nitrogens with zero attached hydrogens (tertiary/aromatic N) is 1. The smallest absolute Gasteiger partial charge is 0.270 e. The van der Waals surface area contributed by atoms with Gasteiger partial charge in [0.05, 0.1) is 11.9 Å². The molecule has 1 aromatic carbocycles. The van der Waals surface area contributed by atoms with Gasteiger partial charge in [0.1, 0.15) is 5.69 Å². The van der Waals surface area contributed by atoms with Crippen LogP contribution in [0.4, 0.5) is 5.69 Å². The number of aromatic nitrogens is 1. The van der Waals surface area contributed by atoms with Gasteiger partial charge in [-0.3, -0.25) is 4.79 Å². The maximum Gasteiger partial charge on any atom is 0.270 e. The van der Waals surface area contributed by atoms with E-state index >= 15 is 0 Å². The van der Waals surface area contributed by atoms with E-state index in [9.17, 15) is 4.79 Å². The molecule has 0 fully saturated rings.